The van der Waals surface area contributed by atoms with Crippen LogP contribution in [0, 0.1) is 19.7 Å². The summed E-state index contributed by atoms with van der Waals surface area (Å²) in [4.78, 5) is 15.4. The molecule has 0 unspecified atom stereocenters. The Balaban J connectivity index is 1.53. The van der Waals surface area contributed by atoms with Gasteiger partial charge in [0.15, 0.2) is 16.8 Å². The zero-order valence-electron chi connectivity index (χ0n) is 20.1. The fourth-order valence-corrected chi connectivity index (χ4v) is 5.18. The van der Waals surface area contributed by atoms with Gasteiger partial charge in [-0.25, -0.2) is 4.39 Å². The number of hydrogen-bond acceptors (Lipinski definition) is 6. The number of aryl methyl sites for hydroxylation is 1. The van der Waals surface area contributed by atoms with E-state index in [1.807, 2.05) is 24.5 Å². The molecule has 3 heterocycles. The number of thioether (sulfide) groups is 1. The smallest absolute Gasteiger partial charge is 0.191 e. The Hall–Kier alpha value is -2.49. The molecule has 2 aromatic heterocycles. The van der Waals surface area contributed by atoms with Gasteiger partial charge in [-0.15, -0.1) is 10.2 Å². The molecule has 34 heavy (non-hydrogen) atoms. The molecule has 1 saturated heterocycles. The lowest BCUT2D eigenvalue weighted by Gasteiger charge is -2.27. The molecular formula is C25H32FN5O2S. The van der Waals surface area contributed by atoms with Gasteiger partial charge in [0, 0.05) is 55.2 Å². The normalized spacial score (nSPS) is 14.6. The molecule has 0 aliphatic carbocycles. The molecule has 1 fully saturated rings. The third-order valence-corrected chi connectivity index (χ3v) is 7.18. The second-order valence-corrected chi connectivity index (χ2v) is 9.51. The number of carbonyl (C=O) groups excluding carboxylic acids is 1. The van der Waals surface area contributed by atoms with Crippen molar-refractivity contribution in [2.75, 3.05) is 38.6 Å². The maximum absolute atomic E-state index is 13.5. The number of halogens is 1. The van der Waals surface area contributed by atoms with Crippen LogP contribution in [-0.4, -0.2) is 68.6 Å². The number of aromatic nitrogens is 4. The fraction of sp³-hybridized carbons (Fsp3) is 0.480. The van der Waals surface area contributed by atoms with Gasteiger partial charge in [-0.1, -0.05) is 18.7 Å². The van der Waals surface area contributed by atoms with Crippen molar-refractivity contribution in [3.8, 4) is 11.4 Å². The number of ketones is 1. The summed E-state index contributed by atoms with van der Waals surface area (Å²) in [6.45, 7) is 11.9. The van der Waals surface area contributed by atoms with Crippen LogP contribution in [0.1, 0.15) is 35.1 Å². The highest BCUT2D eigenvalue weighted by atomic mass is 32.2. The number of ether oxygens (including phenoxy) is 1. The molecule has 1 aliphatic rings. The molecule has 3 aromatic rings. The minimum absolute atomic E-state index is 0.0894. The highest BCUT2D eigenvalue weighted by Gasteiger charge is 2.20. The van der Waals surface area contributed by atoms with E-state index < -0.39 is 0 Å². The number of morpholine rings is 1. The van der Waals surface area contributed by atoms with E-state index in [1.54, 1.807) is 12.1 Å². The van der Waals surface area contributed by atoms with E-state index in [1.165, 1.54) is 23.9 Å². The zero-order chi connectivity index (χ0) is 24.1. The molecule has 0 amide bonds. The first kappa shape index (κ1) is 24.6. The first-order valence-electron chi connectivity index (χ1n) is 11.8. The van der Waals surface area contributed by atoms with Gasteiger partial charge in [0.1, 0.15) is 5.82 Å². The highest BCUT2D eigenvalue weighted by Crippen LogP contribution is 2.26. The standard InChI is InChI=1S/C25H32FN5O2S/c1-4-9-30-18(2)16-22(19(30)3)23(32)17-34-25-28-27-24(20-5-7-21(26)8-6-20)31(25)11-10-29-12-14-33-15-13-29/h5-8,16H,4,9-15,17H2,1-3H3. The van der Waals surface area contributed by atoms with Crippen molar-refractivity contribution >= 4 is 17.5 Å². The molecule has 0 radical (unpaired) electrons. The maximum Gasteiger partial charge on any atom is 0.191 e. The van der Waals surface area contributed by atoms with Crippen molar-refractivity contribution in [1.29, 1.82) is 0 Å². The van der Waals surface area contributed by atoms with Crippen molar-refractivity contribution in [3.63, 3.8) is 0 Å². The van der Waals surface area contributed by atoms with Crippen LogP contribution in [0.2, 0.25) is 0 Å². The van der Waals surface area contributed by atoms with Gasteiger partial charge in [-0.2, -0.15) is 0 Å². The molecule has 9 heteroatoms. The van der Waals surface area contributed by atoms with Crippen molar-refractivity contribution in [3.05, 3.63) is 53.1 Å². The first-order valence-corrected chi connectivity index (χ1v) is 12.8. The number of benzene rings is 1. The van der Waals surface area contributed by atoms with Crippen LogP contribution in [0.5, 0.6) is 0 Å². The number of carbonyl (C=O) groups is 1. The summed E-state index contributed by atoms with van der Waals surface area (Å²) < 4.78 is 23.2. The molecule has 0 spiro atoms. The summed E-state index contributed by atoms with van der Waals surface area (Å²) >= 11 is 1.41. The molecule has 0 atom stereocenters. The van der Waals surface area contributed by atoms with Crippen molar-refractivity contribution in [2.45, 2.75) is 45.4 Å². The SMILES string of the molecule is CCCn1c(C)cc(C(=O)CSc2nnc(-c3ccc(F)cc3)n2CCN2CCOCC2)c1C. The second kappa shape index (κ2) is 11.3. The second-order valence-electron chi connectivity index (χ2n) is 8.57. The van der Waals surface area contributed by atoms with Gasteiger partial charge in [0.05, 0.1) is 19.0 Å². The summed E-state index contributed by atoms with van der Waals surface area (Å²) in [5.41, 5.74) is 3.71. The van der Waals surface area contributed by atoms with Crippen molar-refractivity contribution in [1.82, 2.24) is 24.2 Å². The summed E-state index contributed by atoms with van der Waals surface area (Å²) in [5, 5.41) is 9.50. The Morgan fingerprint density at radius 1 is 1.06 bits per heavy atom. The average molecular weight is 486 g/mol. The predicted octanol–water partition coefficient (Wildman–Crippen LogP) is 4.22. The summed E-state index contributed by atoms with van der Waals surface area (Å²) in [5.74, 6) is 0.773. The molecule has 4 rings (SSSR count). The van der Waals surface area contributed by atoms with E-state index in [4.69, 9.17) is 4.74 Å². The summed E-state index contributed by atoms with van der Waals surface area (Å²) in [7, 11) is 0. The minimum atomic E-state index is -0.288. The van der Waals surface area contributed by atoms with E-state index in [0.29, 0.717) is 17.5 Å². The van der Waals surface area contributed by atoms with E-state index in [0.717, 1.165) is 68.3 Å². The summed E-state index contributed by atoms with van der Waals surface area (Å²) in [6.07, 6.45) is 1.02. The summed E-state index contributed by atoms with van der Waals surface area (Å²) in [6, 6.07) is 8.28. The van der Waals surface area contributed by atoms with Crippen LogP contribution in [-0.2, 0) is 17.8 Å². The molecule has 7 nitrogen and oxygen atoms in total. The van der Waals surface area contributed by atoms with Gasteiger partial charge in [-0.3, -0.25) is 9.69 Å². The Morgan fingerprint density at radius 3 is 2.50 bits per heavy atom. The quantitative estimate of drug-likeness (QED) is 0.317. The van der Waals surface area contributed by atoms with E-state index in [9.17, 15) is 9.18 Å². The number of Topliss-reactive ketones (excluding diaryl/α,β-unsaturated/α-hetero) is 1. The molecule has 0 N–H and O–H groups in total. The molecule has 182 valence electrons. The van der Waals surface area contributed by atoms with Crippen LogP contribution in [0.4, 0.5) is 4.39 Å². The lowest BCUT2D eigenvalue weighted by Crippen LogP contribution is -2.38. The zero-order valence-corrected chi connectivity index (χ0v) is 20.9. The Morgan fingerprint density at radius 2 is 1.79 bits per heavy atom. The largest absolute Gasteiger partial charge is 0.379 e. The molecular weight excluding hydrogens is 453 g/mol. The van der Waals surface area contributed by atoms with Crippen LogP contribution in [0.15, 0.2) is 35.5 Å². The third-order valence-electron chi connectivity index (χ3n) is 6.22. The predicted molar refractivity (Wildman–Crippen MR) is 132 cm³/mol. The lowest BCUT2D eigenvalue weighted by atomic mass is 10.2. The van der Waals surface area contributed by atoms with Gasteiger partial charge in [0.25, 0.3) is 0 Å². The van der Waals surface area contributed by atoms with Crippen molar-refractivity contribution in [2.24, 2.45) is 0 Å². The Kier molecular flexibility index (Phi) is 8.18. The monoisotopic (exact) mass is 485 g/mol. The Bertz CT molecular complexity index is 1120. The molecule has 0 saturated carbocycles. The minimum Gasteiger partial charge on any atom is -0.379 e. The van der Waals surface area contributed by atoms with Gasteiger partial charge in [0.2, 0.25) is 0 Å². The molecule has 1 aliphatic heterocycles. The number of nitrogens with zero attached hydrogens (tertiary/aromatic N) is 5. The van der Waals surface area contributed by atoms with Crippen molar-refractivity contribution < 1.29 is 13.9 Å². The van der Waals surface area contributed by atoms with Gasteiger partial charge < -0.3 is 13.9 Å². The van der Waals surface area contributed by atoms with E-state index in [2.05, 4.69) is 26.6 Å². The maximum atomic E-state index is 13.5. The van der Waals surface area contributed by atoms with Crippen LogP contribution in [0.25, 0.3) is 11.4 Å². The van der Waals surface area contributed by atoms with Gasteiger partial charge in [-0.05, 0) is 50.6 Å². The third kappa shape index (κ3) is 5.59. The average Bonchev–Trinajstić information content (AvgIpc) is 3.38. The highest BCUT2D eigenvalue weighted by molar-refractivity contribution is 7.99. The van der Waals surface area contributed by atoms with E-state index in [-0.39, 0.29) is 17.4 Å². The van der Waals surface area contributed by atoms with Crippen LogP contribution in [0.3, 0.4) is 0 Å². The van der Waals surface area contributed by atoms with Gasteiger partial charge >= 0.3 is 0 Å². The van der Waals surface area contributed by atoms with Crippen LogP contribution < -0.4 is 0 Å². The first-order chi connectivity index (χ1) is 16.5. The van der Waals surface area contributed by atoms with E-state index >= 15 is 0 Å². The van der Waals surface area contributed by atoms with Crippen LogP contribution >= 0.6 is 11.8 Å². The lowest BCUT2D eigenvalue weighted by molar-refractivity contribution is 0.0361. The number of rotatable bonds is 10. The number of hydrogen-bond donors (Lipinski definition) is 0. The fourth-order valence-electron chi connectivity index (χ4n) is 4.33. The molecule has 0 bridgehead atoms. The molecule has 1 aromatic carbocycles. The Labute approximate surface area is 204 Å². The topological polar surface area (TPSA) is 65.2 Å².